The van der Waals surface area contributed by atoms with Gasteiger partial charge in [-0.05, 0) is 73.8 Å². The van der Waals surface area contributed by atoms with Crippen LogP contribution in [0.15, 0.2) is 24.3 Å². The van der Waals surface area contributed by atoms with Gasteiger partial charge in [0.25, 0.3) is 0 Å². The van der Waals surface area contributed by atoms with E-state index in [4.69, 9.17) is 71.1 Å². The molecule has 21 heteroatoms. The molecule has 0 aromatic heterocycles. The fourth-order valence-corrected chi connectivity index (χ4v) is 18.2. The van der Waals surface area contributed by atoms with Gasteiger partial charge in [-0.2, -0.15) is 0 Å². The summed E-state index contributed by atoms with van der Waals surface area (Å²) in [5.41, 5.74) is 1.99. The summed E-state index contributed by atoms with van der Waals surface area (Å²) in [6.07, 6.45) is -5.06. The number of carbonyl (C=O) groups excluding carboxylic acids is 1. The van der Waals surface area contributed by atoms with Crippen molar-refractivity contribution >= 4 is 5.97 Å². The fourth-order valence-electron chi connectivity index (χ4n) is 18.2. The van der Waals surface area contributed by atoms with Crippen LogP contribution in [0.3, 0.4) is 0 Å². The van der Waals surface area contributed by atoms with Gasteiger partial charge in [0.1, 0.15) is 36.6 Å². The number of hydrogen-bond acceptors (Lipinski definition) is 21. The Labute approximate surface area is 473 Å². The van der Waals surface area contributed by atoms with E-state index in [1.807, 2.05) is 0 Å². The number of carbonyl (C=O) groups is 1. The quantitative estimate of drug-likeness (QED) is 0.200. The molecule has 0 saturated carbocycles. The van der Waals surface area contributed by atoms with Crippen LogP contribution in [-0.4, -0.2) is 214 Å². The third-order valence-corrected chi connectivity index (χ3v) is 22.2. The van der Waals surface area contributed by atoms with E-state index in [-0.39, 0.29) is 110 Å². The molecule has 81 heavy (non-hydrogen) atoms. The zero-order valence-electron chi connectivity index (χ0n) is 47.2. The van der Waals surface area contributed by atoms with Crippen molar-refractivity contribution < 1.29 is 101 Å². The molecule has 12 bridgehead atoms. The lowest BCUT2D eigenvalue weighted by atomic mass is 9.79. The largest absolute Gasteiger partial charge is 0.459 e. The van der Waals surface area contributed by atoms with Crippen LogP contribution in [0.2, 0.25) is 0 Å². The highest BCUT2D eigenvalue weighted by molar-refractivity contribution is 5.70. The van der Waals surface area contributed by atoms with Gasteiger partial charge >= 0.3 is 5.97 Å². The Balaban J connectivity index is 0.660. The third-order valence-electron chi connectivity index (χ3n) is 22.2. The van der Waals surface area contributed by atoms with E-state index in [1.54, 1.807) is 0 Å². The van der Waals surface area contributed by atoms with Crippen molar-refractivity contribution in [3.05, 3.63) is 24.3 Å². The van der Waals surface area contributed by atoms with Gasteiger partial charge in [0.05, 0.1) is 123 Å². The van der Waals surface area contributed by atoms with Gasteiger partial charge in [-0.1, -0.05) is 40.9 Å². The number of aliphatic hydroxyl groups is 5. The molecule has 452 valence electrons. The molecular formula is C60H86O21. The number of aliphatic hydroxyl groups excluding tert-OH is 4. The van der Waals surface area contributed by atoms with Gasteiger partial charge < -0.3 is 96.6 Å². The highest BCUT2D eigenvalue weighted by atomic mass is 16.8. The van der Waals surface area contributed by atoms with Gasteiger partial charge in [-0.3, -0.25) is 4.79 Å². The molecule has 5 N–H and O–H groups in total. The van der Waals surface area contributed by atoms with Crippen molar-refractivity contribution in [2.45, 2.75) is 313 Å². The summed E-state index contributed by atoms with van der Waals surface area (Å²) in [4.78, 5) is 14.6. The van der Waals surface area contributed by atoms with E-state index in [1.165, 1.54) is 0 Å². The average Bonchev–Trinajstić information content (AvgIpc) is 2.56. The smallest absolute Gasteiger partial charge is 0.308 e. The first-order chi connectivity index (χ1) is 38.8. The van der Waals surface area contributed by atoms with Crippen LogP contribution in [0.25, 0.3) is 0 Å². The second-order valence-corrected chi connectivity index (χ2v) is 27.8. The van der Waals surface area contributed by atoms with Crippen LogP contribution in [-0.2, 0) is 75.8 Å². The molecule has 16 saturated heterocycles. The molecule has 16 aliphatic heterocycles. The first-order valence-electron chi connectivity index (χ1n) is 31.0. The zero-order valence-corrected chi connectivity index (χ0v) is 47.2. The predicted molar refractivity (Wildman–Crippen MR) is 276 cm³/mol. The Morgan fingerprint density at radius 3 is 2.10 bits per heavy atom. The summed E-state index contributed by atoms with van der Waals surface area (Å²) in [6, 6.07) is 0. The zero-order chi connectivity index (χ0) is 55.8. The van der Waals surface area contributed by atoms with Crippen molar-refractivity contribution in [2.75, 3.05) is 6.61 Å². The minimum atomic E-state index is -2.03. The van der Waals surface area contributed by atoms with Crippen LogP contribution in [0.1, 0.15) is 137 Å². The van der Waals surface area contributed by atoms with Crippen molar-refractivity contribution in [1.29, 1.82) is 0 Å². The van der Waals surface area contributed by atoms with E-state index >= 15 is 0 Å². The molecule has 0 aromatic rings. The van der Waals surface area contributed by atoms with E-state index in [0.29, 0.717) is 77.0 Å². The Morgan fingerprint density at radius 2 is 1.27 bits per heavy atom. The summed E-state index contributed by atoms with van der Waals surface area (Å²) >= 11 is 0. The molecule has 21 nitrogen and oxygen atoms in total. The van der Waals surface area contributed by atoms with Crippen molar-refractivity contribution in [3.63, 3.8) is 0 Å². The Hall–Kier alpha value is -1.81. The van der Waals surface area contributed by atoms with E-state index in [0.717, 1.165) is 24.0 Å². The lowest BCUT2D eigenvalue weighted by Gasteiger charge is -2.50. The molecule has 16 aliphatic rings. The summed E-state index contributed by atoms with van der Waals surface area (Å²) in [5, 5.41) is 54.2. The number of fused-ring (bicyclic) bond motifs is 10. The summed E-state index contributed by atoms with van der Waals surface area (Å²) < 4.78 is 102. The van der Waals surface area contributed by atoms with Crippen LogP contribution in [0.5, 0.6) is 0 Å². The number of esters is 1. The third kappa shape index (κ3) is 9.28. The number of rotatable bonds is 4. The molecule has 0 aromatic carbocycles. The lowest BCUT2D eigenvalue weighted by molar-refractivity contribution is -0.347. The average molecular weight is 1140 g/mol. The maximum absolute atomic E-state index is 14.6. The predicted octanol–water partition coefficient (Wildman–Crippen LogP) is 3.22. The molecular weight excluding hydrogens is 1060 g/mol. The van der Waals surface area contributed by atoms with E-state index in [2.05, 4.69) is 40.9 Å². The number of ether oxygens (including phenoxy) is 15. The molecule has 0 amide bonds. The minimum Gasteiger partial charge on any atom is -0.459 e. The topological polar surface area (TPSA) is 257 Å². The SMILES string of the molecule is C=C1C[C@@H]2CC[C@@]34O[C@H]5[C@H]6OC(CC[C@@H]6OC6[C@H]5O[C@](O)([C@H]6O3)[C@H]4O)CC(=O)O[C@@H]3[C@@H](C)[C@@H]4O[C@@H]5C[C@]6(C[C@@H]7O[C@]8(C[C@H](C)[C@@H]9O[C@H]([C@@H](O)C[C@@H](O)CO)C[C@@H]9O8)C[C@H](C)[C@@H]7O6)OC5C[C@@H]4O[C@H]3CC3O[C@@H](CCC1O2)C[C@@H](C)C3=C. The molecule has 0 aliphatic carbocycles. The second kappa shape index (κ2) is 20.4. The van der Waals surface area contributed by atoms with Gasteiger partial charge in [0.15, 0.2) is 17.7 Å². The first kappa shape index (κ1) is 55.7. The molecule has 0 radical (unpaired) electrons. The lowest BCUT2D eigenvalue weighted by Crippen LogP contribution is -2.63. The normalized spacial score (nSPS) is 57.9. The molecule has 5 unspecified atom stereocenters. The van der Waals surface area contributed by atoms with Gasteiger partial charge in [0, 0.05) is 63.7 Å². The number of hydrogen-bond donors (Lipinski definition) is 5. The summed E-state index contributed by atoms with van der Waals surface area (Å²) in [5.74, 6) is -5.84. The standard InChI is InChI=1S/C60H86O21/c1-25-13-32-7-9-36-26(2)14-34(67-36)11-12-59-56(65)60(66)55(81-59)54-53(80-60)52(79-59)51-37(71-54)10-8-33(69-51)16-46(64)74-50-30(6)49-42(70-41(50)17-38(68-32)29(25)5)19-40-44(73-49)22-58(75-40)23-45-48(78-58)28(4)21-57(77-45)20-27(3)47-43(76-57)18-39(72-47)35(63)15-31(62)24-61/h25,27-28,30-45,47-56,61-63,65-66H,2,5,7-24H2,1,3-4,6H3/t25-,27+,28+,30+,31-,32+,33?,34+,35+,36?,37+,38?,39+,40?,41+,42+,43+,44-,45+,47+,48+,49+,50-,51+,52+,53+,54?,55+,56+,57-,58+,59-,60-/m1/s1. The Bertz CT molecular complexity index is 2430. The molecule has 33 atom stereocenters. The maximum Gasteiger partial charge on any atom is 0.308 e. The van der Waals surface area contributed by atoms with Gasteiger partial charge in [-0.25, -0.2) is 0 Å². The van der Waals surface area contributed by atoms with Crippen molar-refractivity contribution in [2.24, 2.45) is 23.7 Å². The van der Waals surface area contributed by atoms with Crippen LogP contribution in [0, 0.1) is 23.7 Å². The van der Waals surface area contributed by atoms with Gasteiger partial charge in [-0.15, -0.1) is 0 Å². The van der Waals surface area contributed by atoms with Crippen LogP contribution in [0.4, 0.5) is 0 Å². The molecule has 16 heterocycles. The van der Waals surface area contributed by atoms with E-state index < -0.39 is 121 Å². The summed E-state index contributed by atoms with van der Waals surface area (Å²) in [6.45, 7) is 17.2. The van der Waals surface area contributed by atoms with Crippen molar-refractivity contribution in [1.82, 2.24) is 0 Å². The molecule has 16 fully saturated rings. The molecule has 3 spiro atoms. The Morgan fingerprint density at radius 1 is 0.568 bits per heavy atom. The van der Waals surface area contributed by atoms with Crippen molar-refractivity contribution in [3.8, 4) is 0 Å². The highest BCUT2D eigenvalue weighted by Crippen LogP contribution is 2.60. The second-order valence-electron chi connectivity index (χ2n) is 27.8. The van der Waals surface area contributed by atoms with Crippen LogP contribution >= 0.6 is 0 Å². The fraction of sp³-hybridized carbons (Fsp3) is 0.917. The Kier molecular flexibility index (Phi) is 14.0. The highest BCUT2D eigenvalue weighted by Gasteiger charge is 2.79. The maximum atomic E-state index is 14.6. The summed E-state index contributed by atoms with van der Waals surface area (Å²) in [7, 11) is 0. The molecule has 16 rings (SSSR count). The van der Waals surface area contributed by atoms with Crippen LogP contribution < -0.4 is 0 Å². The monoisotopic (exact) mass is 1140 g/mol. The first-order valence-corrected chi connectivity index (χ1v) is 31.0. The minimum absolute atomic E-state index is 0.0207. The van der Waals surface area contributed by atoms with Gasteiger partial charge in [0.2, 0.25) is 11.6 Å². The van der Waals surface area contributed by atoms with E-state index in [9.17, 15) is 30.3 Å².